The van der Waals surface area contributed by atoms with Crippen LogP contribution in [0.5, 0.6) is 0 Å². The van der Waals surface area contributed by atoms with Crippen molar-refractivity contribution in [2.45, 2.75) is 33.3 Å². The molecule has 0 rings (SSSR count). The molecule has 0 heterocycles. The van der Waals surface area contributed by atoms with Gasteiger partial charge in [-0.2, -0.15) is 0 Å². The highest BCUT2D eigenvalue weighted by Crippen LogP contribution is 2.51. The lowest BCUT2D eigenvalue weighted by Gasteiger charge is -2.19. The average molecular weight is 218 g/mol. The molecule has 0 spiro atoms. The van der Waals surface area contributed by atoms with Crippen molar-refractivity contribution in [1.29, 1.82) is 0 Å². The van der Waals surface area contributed by atoms with Gasteiger partial charge < -0.3 is 4.89 Å². The second-order valence-corrected chi connectivity index (χ2v) is 5.78. The van der Waals surface area contributed by atoms with Crippen molar-refractivity contribution in [2.75, 3.05) is 0 Å². The third-order valence-electron chi connectivity index (χ3n) is 1.73. The number of hydrogen-bond acceptors (Lipinski definition) is 2. The van der Waals surface area contributed by atoms with Crippen LogP contribution in [0.4, 0.5) is 0 Å². The van der Waals surface area contributed by atoms with E-state index < -0.39 is 7.60 Å². The molecule has 0 radical (unpaired) electrons. The van der Waals surface area contributed by atoms with Gasteiger partial charge in [-0.25, -0.2) is 0 Å². The lowest BCUT2D eigenvalue weighted by atomic mass is 10.1. The summed E-state index contributed by atoms with van der Waals surface area (Å²) >= 11 is 0. The molecule has 0 aromatic carbocycles. The lowest BCUT2D eigenvalue weighted by Crippen LogP contribution is -2.11. The molecule has 2 unspecified atom stereocenters. The maximum Gasteiger partial charge on any atom is 0.354 e. The van der Waals surface area contributed by atoms with Gasteiger partial charge in [-0.1, -0.05) is 26.5 Å². The van der Waals surface area contributed by atoms with Crippen LogP contribution >= 0.6 is 7.60 Å². The summed E-state index contributed by atoms with van der Waals surface area (Å²) in [5, 5.41) is 0.160. The Morgan fingerprint density at radius 1 is 1.64 bits per heavy atom. The first-order valence-electron chi connectivity index (χ1n) is 4.59. The van der Waals surface area contributed by atoms with E-state index in [0.29, 0.717) is 12.3 Å². The van der Waals surface area contributed by atoms with Gasteiger partial charge in [-0.15, -0.1) is 6.58 Å². The number of allylic oxidation sites excluding steroid dienone is 1. The minimum absolute atomic E-state index is 0.160. The molecule has 0 saturated heterocycles. The SMILES string of the molecule is C=CC(CC(C)C)OP(=O)(O)C(=C)C. The first-order chi connectivity index (χ1) is 6.29. The Kier molecular flexibility index (Phi) is 5.35. The maximum atomic E-state index is 11.5. The summed E-state index contributed by atoms with van der Waals surface area (Å²) in [4.78, 5) is 9.39. The molecule has 0 saturated carbocycles. The highest BCUT2D eigenvalue weighted by atomic mass is 31.2. The molecule has 1 N–H and O–H groups in total. The minimum Gasteiger partial charge on any atom is -0.321 e. The van der Waals surface area contributed by atoms with Crippen molar-refractivity contribution < 1.29 is 14.0 Å². The second-order valence-electron chi connectivity index (χ2n) is 3.76. The van der Waals surface area contributed by atoms with Crippen molar-refractivity contribution in [3.63, 3.8) is 0 Å². The van der Waals surface area contributed by atoms with E-state index in [2.05, 4.69) is 13.2 Å². The van der Waals surface area contributed by atoms with Gasteiger partial charge in [0.1, 0.15) is 0 Å². The first kappa shape index (κ1) is 13.6. The summed E-state index contributed by atoms with van der Waals surface area (Å²) in [7, 11) is -3.66. The Bertz CT molecular complexity index is 258. The summed E-state index contributed by atoms with van der Waals surface area (Å²) in [6.07, 6.45) is 1.84. The zero-order chi connectivity index (χ0) is 11.4. The molecule has 0 aromatic rings. The fourth-order valence-corrected chi connectivity index (χ4v) is 1.64. The van der Waals surface area contributed by atoms with E-state index in [1.54, 1.807) is 6.08 Å². The minimum atomic E-state index is -3.66. The molecule has 0 amide bonds. The largest absolute Gasteiger partial charge is 0.354 e. The molecule has 14 heavy (non-hydrogen) atoms. The summed E-state index contributed by atoms with van der Waals surface area (Å²) in [5.74, 6) is 0.392. The van der Waals surface area contributed by atoms with Crippen LogP contribution in [0.15, 0.2) is 24.5 Å². The molecular weight excluding hydrogens is 199 g/mol. The average Bonchev–Trinajstić information content (AvgIpc) is 2.01. The summed E-state index contributed by atoms with van der Waals surface area (Å²) in [5.41, 5.74) is 0. The first-order valence-corrected chi connectivity index (χ1v) is 6.17. The molecule has 82 valence electrons. The second kappa shape index (κ2) is 5.50. The number of hydrogen-bond donors (Lipinski definition) is 1. The molecule has 0 aliphatic heterocycles. The molecule has 2 atom stereocenters. The molecule has 0 aromatic heterocycles. The van der Waals surface area contributed by atoms with Crippen LogP contribution in [-0.2, 0) is 9.09 Å². The topological polar surface area (TPSA) is 46.5 Å². The van der Waals surface area contributed by atoms with Crippen LogP contribution < -0.4 is 0 Å². The van der Waals surface area contributed by atoms with Crippen molar-refractivity contribution >= 4 is 7.60 Å². The molecular formula is C10H19O3P. The van der Waals surface area contributed by atoms with E-state index >= 15 is 0 Å². The van der Waals surface area contributed by atoms with E-state index in [0.717, 1.165) is 0 Å². The van der Waals surface area contributed by atoms with Crippen molar-refractivity contribution in [3.8, 4) is 0 Å². The van der Waals surface area contributed by atoms with Crippen LogP contribution in [-0.4, -0.2) is 11.0 Å². The van der Waals surface area contributed by atoms with E-state index in [1.807, 2.05) is 13.8 Å². The fourth-order valence-electron chi connectivity index (χ4n) is 0.920. The third kappa shape index (κ3) is 4.75. The smallest absolute Gasteiger partial charge is 0.321 e. The quantitative estimate of drug-likeness (QED) is 0.549. The predicted octanol–water partition coefficient (Wildman–Crippen LogP) is 3.32. The zero-order valence-electron chi connectivity index (χ0n) is 9.06. The van der Waals surface area contributed by atoms with E-state index in [-0.39, 0.29) is 11.4 Å². The van der Waals surface area contributed by atoms with Gasteiger partial charge in [0.2, 0.25) is 0 Å². The highest BCUT2D eigenvalue weighted by molar-refractivity contribution is 7.57. The van der Waals surface area contributed by atoms with Crippen LogP contribution in [0.1, 0.15) is 27.2 Å². The Labute approximate surface area is 86.0 Å². The molecule has 0 aliphatic rings. The van der Waals surface area contributed by atoms with Crippen molar-refractivity contribution in [1.82, 2.24) is 0 Å². The number of rotatable bonds is 6. The molecule has 4 heteroatoms. The van der Waals surface area contributed by atoms with Gasteiger partial charge in [0.05, 0.1) is 6.10 Å². The summed E-state index contributed by atoms with van der Waals surface area (Å²) in [6.45, 7) is 12.5. The lowest BCUT2D eigenvalue weighted by molar-refractivity contribution is 0.193. The highest BCUT2D eigenvalue weighted by Gasteiger charge is 2.24. The van der Waals surface area contributed by atoms with E-state index in [9.17, 15) is 9.46 Å². The predicted molar refractivity (Wildman–Crippen MR) is 59.2 cm³/mol. The van der Waals surface area contributed by atoms with Crippen LogP contribution in [0.25, 0.3) is 0 Å². The van der Waals surface area contributed by atoms with Crippen molar-refractivity contribution in [2.24, 2.45) is 5.92 Å². The third-order valence-corrected chi connectivity index (χ3v) is 3.25. The van der Waals surface area contributed by atoms with Gasteiger partial charge in [0.15, 0.2) is 0 Å². The standard InChI is InChI=1S/C10H19O3P/c1-6-10(7-8(2)3)13-14(11,12)9(4)5/h6,8,10H,1,4,7H2,2-3,5H3,(H,11,12). The van der Waals surface area contributed by atoms with Gasteiger partial charge in [-0.3, -0.25) is 9.09 Å². The molecule has 3 nitrogen and oxygen atoms in total. The van der Waals surface area contributed by atoms with E-state index in [4.69, 9.17) is 4.52 Å². The normalized spacial score (nSPS) is 17.5. The Hall–Kier alpha value is -0.370. The summed E-state index contributed by atoms with van der Waals surface area (Å²) in [6, 6.07) is 0. The van der Waals surface area contributed by atoms with Gasteiger partial charge >= 0.3 is 7.60 Å². The van der Waals surface area contributed by atoms with Crippen LogP contribution in [0, 0.1) is 5.92 Å². The van der Waals surface area contributed by atoms with Gasteiger partial charge in [0.25, 0.3) is 0 Å². The van der Waals surface area contributed by atoms with Crippen LogP contribution in [0.2, 0.25) is 0 Å². The summed E-state index contributed by atoms with van der Waals surface area (Å²) < 4.78 is 16.5. The Morgan fingerprint density at radius 2 is 2.14 bits per heavy atom. The Balaban J connectivity index is 4.39. The molecule has 0 aliphatic carbocycles. The van der Waals surface area contributed by atoms with Crippen LogP contribution in [0.3, 0.4) is 0 Å². The zero-order valence-corrected chi connectivity index (χ0v) is 9.96. The molecule has 0 bridgehead atoms. The maximum absolute atomic E-state index is 11.5. The van der Waals surface area contributed by atoms with Gasteiger partial charge in [-0.05, 0) is 19.3 Å². The van der Waals surface area contributed by atoms with Crippen molar-refractivity contribution in [3.05, 3.63) is 24.5 Å². The van der Waals surface area contributed by atoms with E-state index in [1.165, 1.54) is 6.92 Å². The fraction of sp³-hybridized carbons (Fsp3) is 0.600. The van der Waals surface area contributed by atoms with Gasteiger partial charge in [0, 0.05) is 5.31 Å². The molecule has 0 fully saturated rings. The Morgan fingerprint density at radius 3 is 2.43 bits per heavy atom. The monoisotopic (exact) mass is 218 g/mol.